The molecule has 2 aromatic rings. The summed E-state index contributed by atoms with van der Waals surface area (Å²) < 4.78 is 5.06. The van der Waals surface area contributed by atoms with Crippen molar-refractivity contribution in [2.24, 2.45) is 0 Å². The van der Waals surface area contributed by atoms with Crippen LogP contribution in [0.15, 0.2) is 36.5 Å². The summed E-state index contributed by atoms with van der Waals surface area (Å²) in [7, 11) is 1.63. The lowest BCUT2D eigenvalue weighted by atomic mass is 10.1. The zero-order chi connectivity index (χ0) is 14.4. The molecule has 0 aliphatic heterocycles. The van der Waals surface area contributed by atoms with E-state index in [2.05, 4.69) is 20.9 Å². The Kier molecular flexibility index (Phi) is 5.49. The van der Waals surface area contributed by atoms with Gasteiger partial charge in [-0.25, -0.2) is 0 Å². The number of hydrogen-bond donors (Lipinski definition) is 0. The molecule has 2 rings (SSSR count). The van der Waals surface area contributed by atoms with Gasteiger partial charge in [-0.05, 0) is 11.5 Å². The Balaban J connectivity index is 2.33. The molecule has 5 heteroatoms. The smallest absolute Gasteiger partial charge is 0.273 e. The fourth-order valence-corrected chi connectivity index (χ4v) is 2.49. The van der Waals surface area contributed by atoms with E-state index in [0.29, 0.717) is 25.4 Å². The van der Waals surface area contributed by atoms with Gasteiger partial charge in [-0.15, -0.1) is 0 Å². The van der Waals surface area contributed by atoms with Gasteiger partial charge < -0.3 is 9.64 Å². The molecule has 0 unspecified atom stereocenters. The molecule has 0 atom stereocenters. The van der Waals surface area contributed by atoms with Crippen LogP contribution in [0.25, 0.3) is 10.8 Å². The number of ether oxygens (including phenoxy) is 1. The van der Waals surface area contributed by atoms with Crippen LogP contribution in [-0.2, 0) is 4.74 Å². The zero-order valence-corrected chi connectivity index (χ0v) is 13.0. The van der Waals surface area contributed by atoms with Crippen molar-refractivity contribution in [1.29, 1.82) is 0 Å². The third kappa shape index (κ3) is 3.35. The molecule has 1 aromatic carbocycles. The molecular formula is C15H17BrN2O2. The molecule has 1 aromatic heterocycles. The number of carbonyl (C=O) groups is 1. The molecule has 0 bridgehead atoms. The average Bonchev–Trinajstić information content (AvgIpc) is 2.50. The molecule has 106 valence electrons. The van der Waals surface area contributed by atoms with Crippen molar-refractivity contribution in [1.82, 2.24) is 9.88 Å². The van der Waals surface area contributed by atoms with Gasteiger partial charge in [0.05, 0.1) is 6.61 Å². The number of benzene rings is 1. The number of fused-ring (bicyclic) bond motifs is 1. The Labute approximate surface area is 126 Å². The standard InChI is InChI=1S/C15H17BrN2O2/c1-20-11-10-18(9-7-16)15(19)14-13-5-3-2-4-12(13)6-8-17-14/h2-6,8H,7,9-11H2,1H3. The van der Waals surface area contributed by atoms with E-state index in [1.807, 2.05) is 30.3 Å². The maximum Gasteiger partial charge on any atom is 0.273 e. The van der Waals surface area contributed by atoms with E-state index in [1.165, 1.54) is 0 Å². The van der Waals surface area contributed by atoms with E-state index >= 15 is 0 Å². The Morgan fingerprint density at radius 3 is 2.85 bits per heavy atom. The largest absolute Gasteiger partial charge is 0.383 e. The Bertz CT molecular complexity index is 584. The summed E-state index contributed by atoms with van der Waals surface area (Å²) in [5.41, 5.74) is 0.500. The molecule has 0 spiro atoms. The number of amides is 1. The highest BCUT2D eigenvalue weighted by atomic mass is 79.9. The number of alkyl halides is 1. The second kappa shape index (κ2) is 7.36. The highest BCUT2D eigenvalue weighted by Crippen LogP contribution is 2.17. The third-order valence-electron chi connectivity index (χ3n) is 3.08. The fraction of sp³-hybridized carbons (Fsp3) is 0.333. The van der Waals surface area contributed by atoms with Gasteiger partial charge in [0.2, 0.25) is 0 Å². The first kappa shape index (κ1) is 14.9. The van der Waals surface area contributed by atoms with E-state index in [4.69, 9.17) is 4.74 Å². The predicted octanol–water partition coefficient (Wildman–Crippen LogP) is 2.72. The number of nitrogens with zero attached hydrogens (tertiary/aromatic N) is 2. The van der Waals surface area contributed by atoms with Crippen LogP contribution in [0, 0.1) is 0 Å². The normalized spacial score (nSPS) is 10.7. The van der Waals surface area contributed by atoms with Crippen LogP contribution in [-0.4, -0.2) is 47.9 Å². The van der Waals surface area contributed by atoms with Gasteiger partial charge in [-0.2, -0.15) is 0 Å². The topological polar surface area (TPSA) is 42.4 Å². The first-order valence-electron chi connectivity index (χ1n) is 6.46. The van der Waals surface area contributed by atoms with E-state index < -0.39 is 0 Å². The van der Waals surface area contributed by atoms with E-state index in [-0.39, 0.29) is 5.91 Å². The fourth-order valence-electron chi connectivity index (χ4n) is 2.06. The van der Waals surface area contributed by atoms with Crippen molar-refractivity contribution in [2.45, 2.75) is 0 Å². The molecule has 0 aliphatic carbocycles. The van der Waals surface area contributed by atoms with Crippen LogP contribution >= 0.6 is 15.9 Å². The maximum atomic E-state index is 12.6. The lowest BCUT2D eigenvalue weighted by molar-refractivity contribution is 0.0705. The monoisotopic (exact) mass is 336 g/mol. The molecule has 1 heterocycles. The van der Waals surface area contributed by atoms with E-state index in [9.17, 15) is 4.79 Å². The van der Waals surface area contributed by atoms with Gasteiger partial charge >= 0.3 is 0 Å². The molecule has 0 fully saturated rings. The quantitative estimate of drug-likeness (QED) is 0.761. The molecular weight excluding hydrogens is 320 g/mol. The van der Waals surface area contributed by atoms with Crippen LogP contribution in [0.1, 0.15) is 10.5 Å². The number of carbonyl (C=O) groups excluding carboxylic acids is 1. The van der Waals surface area contributed by atoms with Crippen LogP contribution in [0.5, 0.6) is 0 Å². The Morgan fingerprint density at radius 1 is 1.30 bits per heavy atom. The molecule has 4 nitrogen and oxygen atoms in total. The molecule has 20 heavy (non-hydrogen) atoms. The molecule has 0 aliphatic rings. The number of pyridine rings is 1. The first-order chi connectivity index (χ1) is 9.77. The number of hydrogen-bond acceptors (Lipinski definition) is 3. The minimum absolute atomic E-state index is 0.0571. The summed E-state index contributed by atoms with van der Waals surface area (Å²) in [4.78, 5) is 18.7. The lowest BCUT2D eigenvalue weighted by Gasteiger charge is -2.21. The summed E-state index contributed by atoms with van der Waals surface area (Å²) in [6.07, 6.45) is 1.68. The van der Waals surface area contributed by atoms with Crippen LogP contribution in [0.4, 0.5) is 0 Å². The third-order valence-corrected chi connectivity index (χ3v) is 3.44. The number of halogens is 1. The second-order valence-corrected chi connectivity index (χ2v) is 5.15. The molecule has 0 radical (unpaired) electrons. The molecule has 1 amide bonds. The summed E-state index contributed by atoms with van der Waals surface area (Å²) in [5.74, 6) is -0.0571. The molecule has 0 saturated carbocycles. The SMILES string of the molecule is COCCN(CCBr)C(=O)c1nccc2ccccc12. The maximum absolute atomic E-state index is 12.6. The Morgan fingerprint density at radius 2 is 2.10 bits per heavy atom. The number of aromatic nitrogens is 1. The van der Waals surface area contributed by atoms with E-state index in [0.717, 1.165) is 16.1 Å². The van der Waals surface area contributed by atoms with Gasteiger partial charge in [-0.1, -0.05) is 40.2 Å². The van der Waals surface area contributed by atoms with E-state index in [1.54, 1.807) is 18.2 Å². The van der Waals surface area contributed by atoms with Crippen molar-refractivity contribution >= 4 is 32.6 Å². The highest BCUT2D eigenvalue weighted by molar-refractivity contribution is 9.09. The highest BCUT2D eigenvalue weighted by Gasteiger charge is 2.18. The van der Waals surface area contributed by atoms with Crippen LogP contribution in [0.2, 0.25) is 0 Å². The summed E-state index contributed by atoms with van der Waals surface area (Å²) in [5, 5.41) is 2.64. The zero-order valence-electron chi connectivity index (χ0n) is 11.4. The minimum atomic E-state index is -0.0571. The predicted molar refractivity (Wildman–Crippen MR) is 83.3 cm³/mol. The van der Waals surface area contributed by atoms with Gasteiger partial charge in [0.1, 0.15) is 5.69 Å². The van der Waals surface area contributed by atoms with Crippen LogP contribution < -0.4 is 0 Å². The number of methoxy groups -OCH3 is 1. The molecule has 0 N–H and O–H groups in total. The summed E-state index contributed by atoms with van der Waals surface area (Å²) in [6, 6.07) is 9.70. The summed E-state index contributed by atoms with van der Waals surface area (Å²) >= 11 is 3.38. The minimum Gasteiger partial charge on any atom is -0.383 e. The van der Waals surface area contributed by atoms with Crippen molar-refractivity contribution < 1.29 is 9.53 Å². The van der Waals surface area contributed by atoms with Crippen LogP contribution in [0.3, 0.4) is 0 Å². The van der Waals surface area contributed by atoms with Gasteiger partial charge in [0, 0.05) is 37.1 Å². The lowest BCUT2D eigenvalue weighted by Crippen LogP contribution is -2.36. The van der Waals surface area contributed by atoms with Gasteiger partial charge in [0.25, 0.3) is 5.91 Å². The van der Waals surface area contributed by atoms with Crippen molar-refractivity contribution in [3.8, 4) is 0 Å². The van der Waals surface area contributed by atoms with Crippen molar-refractivity contribution in [3.63, 3.8) is 0 Å². The van der Waals surface area contributed by atoms with Gasteiger partial charge in [0.15, 0.2) is 0 Å². The van der Waals surface area contributed by atoms with Crippen molar-refractivity contribution in [2.75, 3.05) is 32.1 Å². The summed E-state index contributed by atoms with van der Waals surface area (Å²) in [6.45, 7) is 1.71. The second-order valence-electron chi connectivity index (χ2n) is 4.35. The average molecular weight is 337 g/mol. The van der Waals surface area contributed by atoms with Gasteiger partial charge in [-0.3, -0.25) is 9.78 Å². The first-order valence-corrected chi connectivity index (χ1v) is 7.58. The Hall–Kier alpha value is -1.46. The number of rotatable bonds is 6. The molecule has 0 saturated heterocycles. The van der Waals surface area contributed by atoms with Crippen molar-refractivity contribution in [3.05, 3.63) is 42.2 Å².